The fraction of sp³-hybridized carbons (Fsp3) is 0.727. The van der Waals surface area contributed by atoms with Crippen molar-refractivity contribution in [2.24, 2.45) is 0 Å². The van der Waals surface area contributed by atoms with Crippen molar-refractivity contribution in [3.8, 4) is 6.07 Å². The van der Waals surface area contributed by atoms with E-state index in [9.17, 15) is 0 Å². The predicted octanol–water partition coefficient (Wildman–Crippen LogP) is 0.671. The summed E-state index contributed by atoms with van der Waals surface area (Å²) in [5.74, 6) is 0.940. The summed E-state index contributed by atoms with van der Waals surface area (Å²) in [7, 11) is 0. The minimum Gasteiger partial charge on any atom is -0.367 e. The standard InChI is InChI=1S/C11H14N4O2/c12-4-3-10-13-11(14-17-10)9-6-15-5-1-2-8(15)7-16-9/h8-9H,1-3,5-7H2. The van der Waals surface area contributed by atoms with Gasteiger partial charge in [-0.25, -0.2) is 0 Å². The molecule has 0 saturated carbocycles. The van der Waals surface area contributed by atoms with Crippen molar-refractivity contribution >= 4 is 0 Å². The number of fused-ring (bicyclic) bond motifs is 1. The van der Waals surface area contributed by atoms with Crippen LogP contribution >= 0.6 is 0 Å². The van der Waals surface area contributed by atoms with Crippen molar-refractivity contribution in [2.75, 3.05) is 19.7 Å². The third kappa shape index (κ3) is 2.04. The van der Waals surface area contributed by atoms with Crippen LogP contribution in [-0.4, -0.2) is 40.8 Å². The highest BCUT2D eigenvalue weighted by atomic mass is 16.5. The van der Waals surface area contributed by atoms with Crippen molar-refractivity contribution in [2.45, 2.75) is 31.4 Å². The lowest BCUT2D eigenvalue weighted by atomic mass is 10.2. The summed E-state index contributed by atoms with van der Waals surface area (Å²) in [6.45, 7) is 2.70. The molecule has 0 bridgehead atoms. The Balaban J connectivity index is 1.69. The summed E-state index contributed by atoms with van der Waals surface area (Å²) < 4.78 is 10.7. The fourth-order valence-electron chi connectivity index (χ4n) is 2.51. The van der Waals surface area contributed by atoms with Crippen LogP contribution in [0.2, 0.25) is 0 Å². The maximum atomic E-state index is 8.55. The van der Waals surface area contributed by atoms with Crippen molar-refractivity contribution in [1.82, 2.24) is 15.0 Å². The van der Waals surface area contributed by atoms with E-state index in [0.717, 1.165) is 19.7 Å². The molecule has 17 heavy (non-hydrogen) atoms. The van der Waals surface area contributed by atoms with Crippen LogP contribution in [0.4, 0.5) is 0 Å². The maximum absolute atomic E-state index is 8.55. The Hall–Kier alpha value is -1.45. The molecular weight excluding hydrogens is 220 g/mol. The highest BCUT2D eigenvalue weighted by Gasteiger charge is 2.34. The van der Waals surface area contributed by atoms with Crippen LogP contribution in [0.5, 0.6) is 0 Å². The number of aromatic nitrogens is 2. The van der Waals surface area contributed by atoms with Gasteiger partial charge < -0.3 is 9.26 Å². The zero-order chi connectivity index (χ0) is 11.7. The van der Waals surface area contributed by atoms with Gasteiger partial charge in [0.15, 0.2) is 0 Å². The van der Waals surface area contributed by atoms with Crippen molar-refractivity contribution in [1.29, 1.82) is 5.26 Å². The molecule has 2 aliphatic rings. The second-order valence-electron chi connectivity index (χ2n) is 4.49. The molecule has 0 radical (unpaired) electrons. The van der Waals surface area contributed by atoms with Crippen molar-refractivity contribution < 1.29 is 9.26 Å². The topological polar surface area (TPSA) is 75.2 Å². The molecule has 90 valence electrons. The van der Waals surface area contributed by atoms with Crippen molar-refractivity contribution in [3.63, 3.8) is 0 Å². The average molecular weight is 234 g/mol. The summed E-state index contributed by atoms with van der Waals surface area (Å²) in [5, 5.41) is 12.4. The van der Waals surface area contributed by atoms with E-state index in [1.165, 1.54) is 12.8 Å². The van der Waals surface area contributed by atoms with E-state index in [1.54, 1.807) is 0 Å². The van der Waals surface area contributed by atoms with Crippen LogP contribution in [0, 0.1) is 11.3 Å². The van der Waals surface area contributed by atoms with Gasteiger partial charge in [0.05, 0.1) is 12.7 Å². The summed E-state index contributed by atoms with van der Waals surface area (Å²) in [6.07, 6.45) is 2.51. The first-order valence-electron chi connectivity index (χ1n) is 5.92. The van der Waals surface area contributed by atoms with Crippen LogP contribution in [0.25, 0.3) is 0 Å². The Bertz CT molecular complexity index is 439. The Morgan fingerprint density at radius 2 is 2.47 bits per heavy atom. The SMILES string of the molecule is N#CCc1nc(C2CN3CCCC3CO2)no1. The van der Waals surface area contributed by atoms with Gasteiger partial charge in [0.1, 0.15) is 12.5 Å². The Morgan fingerprint density at radius 1 is 1.53 bits per heavy atom. The number of nitrogens with zero attached hydrogens (tertiary/aromatic N) is 4. The summed E-state index contributed by atoms with van der Waals surface area (Å²) in [5.41, 5.74) is 0. The normalized spacial score (nSPS) is 28.9. The third-order valence-electron chi connectivity index (χ3n) is 3.39. The largest absolute Gasteiger partial charge is 0.367 e. The number of nitriles is 1. The van der Waals surface area contributed by atoms with E-state index in [4.69, 9.17) is 14.5 Å². The second-order valence-corrected chi connectivity index (χ2v) is 4.49. The van der Waals surface area contributed by atoms with Gasteiger partial charge in [0, 0.05) is 12.6 Å². The maximum Gasteiger partial charge on any atom is 0.240 e. The summed E-state index contributed by atoms with van der Waals surface area (Å²) >= 11 is 0. The Labute approximate surface area is 99.2 Å². The van der Waals surface area contributed by atoms with Gasteiger partial charge in [-0.3, -0.25) is 4.90 Å². The molecule has 1 aromatic rings. The van der Waals surface area contributed by atoms with E-state index in [1.807, 2.05) is 6.07 Å². The first kappa shape index (κ1) is 10.7. The van der Waals surface area contributed by atoms with Crippen LogP contribution in [0.1, 0.15) is 30.7 Å². The number of ether oxygens (including phenoxy) is 1. The van der Waals surface area contributed by atoms with Gasteiger partial charge in [0.2, 0.25) is 11.7 Å². The van der Waals surface area contributed by atoms with E-state index in [-0.39, 0.29) is 12.5 Å². The monoisotopic (exact) mass is 234 g/mol. The third-order valence-corrected chi connectivity index (χ3v) is 3.39. The predicted molar refractivity (Wildman–Crippen MR) is 56.9 cm³/mol. The minimum absolute atomic E-state index is 0.111. The first-order chi connectivity index (χ1) is 8.36. The number of hydrogen-bond donors (Lipinski definition) is 0. The quantitative estimate of drug-likeness (QED) is 0.748. The molecule has 3 rings (SSSR count). The Kier molecular flexibility index (Phi) is 2.79. The van der Waals surface area contributed by atoms with E-state index in [2.05, 4.69) is 15.0 Å². The van der Waals surface area contributed by atoms with Crippen LogP contribution in [0.15, 0.2) is 4.52 Å². The number of morpholine rings is 1. The zero-order valence-electron chi connectivity index (χ0n) is 9.50. The lowest BCUT2D eigenvalue weighted by Crippen LogP contribution is -2.42. The van der Waals surface area contributed by atoms with E-state index >= 15 is 0 Å². The van der Waals surface area contributed by atoms with E-state index in [0.29, 0.717) is 17.8 Å². The highest BCUT2D eigenvalue weighted by molar-refractivity contribution is 4.99. The van der Waals surface area contributed by atoms with Gasteiger partial charge in [-0.1, -0.05) is 5.16 Å². The molecule has 0 aliphatic carbocycles. The van der Waals surface area contributed by atoms with Gasteiger partial charge in [-0.05, 0) is 19.4 Å². The molecule has 2 fully saturated rings. The van der Waals surface area contributed by atoms with E-state index < -0.39 is 0 Å². The molecule has 2 unspecified atom stereocenters. The van der Waals surface area contributed by atoms with Gasteiger partial charge >= 0.3 is 0 Å². The smallest absolute Gasteiger partial charge is 0.240 e. The second kappa shape index (κ2) is 4.43. The molecule has 0 N–H and O–H groups in total. The first-order valence-corrected chi connectivity index (χ1v) is 5.92. The summed E-state index contributed by atoms with van der Waals surface area (Å²) in [4.78, 5) is 6.61. The molecule has 0 spiro atoms. The molecule has 0 amide bonds. The molecule has 1 aromatic heterocycles. The number of rotatable bonds is 2. The van der Waals surface area contributed by atoms with Gasteiger partial charge in [0.25, 0.3) is 0 Å². The van der Waals surface area contributed by atoms with Crippen LogP contribution < -0.4 is 0 Å². The van der Waals surface area contributed by atoms with Crippen LogP contribution in [0.3, 0.4) is 0 Å². The average Bonchev–Trinajstić information content (AvgIpc) is 2.96. The fourth-order valence-corrected chi connectivity index (χ4v) is 2.51. The minimum atomic E-state index is -0.111. The molecule has 2 aliphatic heterocycles. The zero-order valence-corrected chi connectivity index (χ0v) is 9.50. The lowest BCUT2D eigenvalue weighted by molar-refractivity contribution is -0.0548. The molecule has 6 nitrogen and oxygen atoms in total. The van der Waals surface area contributed by atoms with Gasteiger partial charge in [-0.2, -0.15) is 10.2 Å². The molecule has 2 atom stereocenters. The summed E-state index contributed by atoms with van der Waals surface area (Å²) in [6, 6.07) is 2.56. The molecule has 2 saturated heterocycles. The highest BCUT2D eigenvalue weighted by Crippen LogP contribution is 2.28. The number of hydrogen-bond acceptors (Lipinski definition) is 6. The Morgan fingerprint density at radius 3 is 3.35 bits per heavy atom. The van der Waals surface area contributed by atoms with Crippen LogP contribution in [-0.2, 0) is 11.2 Å². The molecule has 3 heterocycles. The molecular formula is C11H14N4O2. The van der Waals surface area contributed by atoms with Crippen molar-refractivity contribution in [3.05, 3.63) is 11.7 Å². The van der Waals surface area contributed by atoms with Gasteiger partial charge in [-0.15, -0.1) is 0 Å². The molecule has 6 heteroatoms. The molecule has 0 aromatic carbocycles. The lowest BCUT2D eigenvalue weighted by Gasteiger charge is -2.33.